The number of fused-ring (bicyclic) bond motifs is 1. The average Bonchev–Trinajstić information content (AvgIpc) is 2.25. The van der Waals surface area contributed by atoms with Gasteiger partial charge in [0.05, 0.1) is 0 Å². The second-order valence-electron chi connectivity index (χ2n) is 5.15. The molecule has 2 rings (SSSR count). The van der Waals surface area contributed by atoms with Crippen molar-refractivity contribution in [1.29, 1.82) is 0 Å². The van der Waals surface area contributed by atoms with Crippen molar-refractivity contribution < 1.29 is 0 Å². The van der Waals surface area contributed by atoms with Crippen molar-refractivity contribution >= 4 is 0 Å². The smallest absolute Gasteiger partial charge is 0.0300 e. The molecule has 0 radical (unpaired) electrons. The molecule has 1 aromatic rings. The highest BCUT2D eigenvalue weighted by Crippen LogP contribution is 2.32. The van der Waals surface area contributed by atoms with E-state index in [4.69, 9.17) is 5.73 Å². The molecule has 15 heavy (non-hydrogen) atoms. The van der Waals surface area contributed by atoms with E-state index in [0.717, 1.165) is 12.3 Å². The van der Waals surface area contributed by atoms with Crippen molar-refractivity contribution in [2.45, 2.75) is 46.1 Å². The van der Waals surface area contributed by atoms with E-state index < -0.39 is 0 Å². The Morgan fingerprint density at radius 2 is 1.93 bits per heavy atom. The third-order valence-corrected chi connectivity index (χ3v) is 3.53. The highest BCUT2D eigenvalue weighted by molar-refractivity contribution is 5.41. The van der Waals surface area contributed by atoms with Gasteiger partial charge in [-0.05, 0) is 55.7 Å². The SMILES string of the molecule is Cc1cc(C)c2c(c1)CC(C)CCC2N. The van der Waals surface area contributed by atoms with E-state index in [9.17, 15) is 0 Å². The standard InChI is InChI=1S/C14H21N/c1-9-4-5-13(15)14-11(3)6-10(2)8-12(14)7-9/h6,8-9,13H,4-5,7,15H2,1-3H3. The summed E-state index contributed by atoms with van der Waals surface area (Å²) in [5.74, 6) is 0.776. The van der Waals surface area contributed by atoms with E-state index in [1.807, 2.05) is 0 Å². The summed E-state index contributed by atoms with van der Waals surface area (Å²) in [5.41, 5.74) is 11.9. The summed E-state index contributed by atoms with van der Waals surface area (Å²) >= 11 is 0. The van der Waals surface area contributed by atoms with Gasteiger partial charge in [-0.3, -0.25) is 0 Å². The van der Waals surface area contributed by atoms with Crippen LogP contribution in [0.3, 0.4) is 0 Å². The first-order valence-electron chi connectivity index (χ1n) is 5.93. The van der Waals surface area contributed by atoms with Crippen molar-refractivity contribution in [3.63, 3.8) is 0 Å². The maximum absolute atomic E-state index is 6.26. The summed E-state index contributed by atoms with van der Waals surface area (Å²) < 4.78 is 0. The van der Waals surface area contributed by atoms with Gasteiger partial charge >= 0.3 is 0 Å². The van der Waals surface area contributed by atoms with E-state index in [2.05, 4.69) is 32.9 Å². The molecular weight excluding hydrogens is 182 g/mol. The van der Waals surface area contributed by atoms with Crippen LogP contribution in [0.25, 0.3) is 0 Å². The van der Waals surface area contributed by atoms with Crippen molar-refractivity contribution in [2.75, 3.05) is 0 Å². The number of hydrogen-bond acceptors (Lipinski definition) is 1. The fraction of sp³-hybridized carbons (Fsp3) is 0.571. The fourth-order valence-corrected chi connectivity index (χ4v) is 2.85. The van der Waals surface area contributed by atoms with Crippen LogP contribution >= 0.6 is 0 Å². The molecule has 82 valence electrons. The molecule has 0 bridgehead atoms. The van der Waals surface area contributed by atoms with E-state index in [-0.39, 0.29) is 6.04 Å². The Morgan fingerprint density at radius 3 is 2.67 bits per heavy atom. The predicted molar refractivity (Wildman–Crippen MR) is 64.9 cm³/mol. The van der Waals surface area contributed by atoms with Crippen LogP contribution in [0, 0.1) is 19.8 Å². The predicted octanol–water partition coefficient (Wildman–Crippen LogP) is 3.28. The molecule has 0 amide bonds. The molecule has 2 N–H and O–H groups in total. The number of nitrogens with two attached hydrogens (primary N) is 1. The molecule has 2 atom stereocenters. The molecule has 0 aromatic heterocycles. The second kappa shape index (κ2) is 3.97. The van der Waals surface area contributed by atoms with Crippen molar-refractivity contribution in [1.82, 2.24) is 0 Å². The number of hydrogen-bond donors (Lipinski definition) is 1. The van der Waals surface area contributed by atoms with Crippen LogP contribution in [-0.4, -0.2) is 0 Å². The molecular formula is C14H21N. The Balaban J connectivity index is 2.52. The Bertz CT molecular complexity index is 368. The molecule has 0 spiro atoms. The van der Waals surface area contributed by atoms with Crippen molar-refractivity contribution in [3.05, 3.63) is 34.4 Å². The zero-order valence-electron chi connectivity index (χ0n) is 10.0. The van der Waals surface area contributed by atoms with Crippen molar-refractivity contribution in [3.8, 4) is 0 Å². The average molecular weight is 203 g/mol. The number of benzene rings is 1. The van der Waals surface area contributed by atoms with E-state index in [1.54, 1.807) is 0 Å². The molecule has 1 aliphatic carbocycles. The fourth-order valence-electron chi connectivity index (χ4n) is 2.85. The number of rotatable bonds is 0. The molecule has 0 saturated carbocycles. The lowest BCUT2D eigenvalue weighted by atomic mass is 9.92. The van der Waals surface area contributed by atoms with Gasteiger partial charge in [0.25, 0.3) is 0 Å². The molecule has 0 fully saturated rings. The van der Waals surface area contributed by atoms with Gasteiger partial charge < -0.3 is 5.73 Å². The zero-order valence-corrected chi connectivity index (χ0v) is 10.0. The minimum Gasteiger partial charge on any atom is -0.324 e. The van der Waals surface area contributed by atoms with Crippen LogP contribution in [0.15, 0.2) is 12.1 Å². The zero-order chi connectivity index (χ0) is 11.0. The third kappa shape index (κ3) is 2.07. The minimum atomic E-state index is 0.255. The van der Waals surface area contributed by atoms with Gasteiger partial charge in [0.15, 0.2) is 0 Å². The highest BCUT2D eigenvalue weighted by Gasteiger charge is 2.20. The molecule has 0 heterocycles. The summed E-state index contributed by atoms with van der Waals surface area (Å²) in [7, 11) is 0. The Morgan fingerprint density at radius 1 is 1.20 bits per heavy atom. The number of aryl methyl sites for hydroxylation is 2. The lowest BCUT2D eigenvalue weighted by Gasteiger charge is -2.16. The first kappa shape index (κ1) is 10.7. The molecule has 0 aliphatic heterocycles. The van der Waals surface area contributed by atoms with Gasteiger partial charge in [0, 0.05) is 6.04 Å². The molecule has 1 aliphatic rings. The van der Waals surface area contributed by atoms with Crippen LogP contribution in [0.5, 0.6) is 0 Å². The summed E-state index contributed by atoms with van der Waals surface area (Å²) in [4.78, 5) is 0. The molecule has 1 aromatic carbocycles. The second-order valence-corrected chi connectivity index (χ2v) is 5.15. The van der Waals surface area contributed by atoms with Crippen LogP contribution in [0.4, 0.5) is 0 Å². The van der Waals surface area contributed by atoms with Crippen LogP contribution in [0.2, 0.25) is 0 Å². The molecule has 1 nitrogen and oxygen atoms in total. The highest BCUT2D eigenvalue weighted by atomic mass is 14.6. The van der Waals surface area contributed by atoms with Crippen LogP contribution < -0.4 is 5.73 Å². The van der Waals surface area contributed by atoms with E-state index in [0.29, 0.717) is 0 Å². The van der Waals surface area contributed by atoms with Crippen LogP contribution in [-0.2, 0) is 6.42 Å². The lowest BCUT2D eigenvalue weighted by Crippen LogP contribution is -2.12. The Labute approximate surface area is 92.7 Å². The summed E-state index contributed by atoms with van der Waals surface area (Å²) in [5, 5.41) is 0. The summed E-state index contributed by atoms with van der Waals surface area (Å²) in [6.07, 6.45) is 3.60. The normalized spacial score (nSPS) is 25.9. The van der Waals surface area contributed by atoms with Gasteiger partial charge in [-0.2, -0.15) is 0 Å². The van der Waals surface area contributed by atoms with Gasteiger partial charge in [-0.25, -0.2) is 0 Å². The monoisotopic (exact) mass is 203 g/mol. The van der Waals surface area contributed by atoms with Gasteiger partial charge in [-0.1, -0.05) is 24.6 Å². The van der Waals surface area contributed by atoms with E-state index in [1.165, 1.54) is 35.1 Å². The van der Waals surface area contributed by atoms with Gasteiger partial charge in [0.2, 0.25) is 0 Å². The molecule has 0 saturated heterocycles. The maximum atomic E-state index is 6.26. The first-order valence-corrected chi connectivity index (χ1v) is 5.93. The topological polar surface area (TPSA) is 26.0 Å². The maximum Gasteiger partial charge on any atom is 0.0300 e. The molecule has 1 heteroatoms. The van der Waals surface area contributed by atoms with Crippen molar-refractivity contribution in [2.24, 2.45) is 11.7 Å². The third-order valence-electron chi connectivity index (χ3n) is 3.53. The van der Waals surface area contributed by atoms with Gasteiger partial charge in [0.1, 0.15) is 0 Å². The summed E-state index contributed by atoms with van der Waals surface area (Å²) in [6.45, 7) is 6.70. The Hall–Kier alpha value is -0.820. The van der Waals surface area contributed by atoms with Crippen LogP contribution in [0.1, 0.15) is 48.1 Å². The lowest BCUT2D eigenvalue weighted by molar-refractivity contribution is 0.498. The largest absolute Gasteiger partial charge is 0.324 e. The summed E-state index contributed by atoms with van der Waals surface area (Å²) in [6, 6.07) is 4.84. The quantitative estimate of drug-likeness (QED) is 0.643. The Kier molecular flexibility index (Phi) is 2.83. The first-order chi connectivity index (χ1) is 7.08. The van der Waals surface area contributed by atoms with E-state index >= 15 is 0 Å². The molecule has 2 unspecified atom stereocenters. The van der Waals surface area contributed by atoms with Gasteiger partial charge in [-0.15, -0.1) is 0 Å². The minimum absolute atomic E-state index is 0.255.